The Hall–Kier alpha value is -0.770. The van der Waals surface area contributed by atoms with Gasteiger partial charge in [-0.05, 0) is 48.8 Å². The minimum Gasteiger partial charge on any atom is -0.309 e. The van der Waals surface area contributed by atoms with Gasteiger partial charge in [-0.3, -0.25) is 0 Å². The summed E-state index contributed by atoms with van der Waals surface area (Å²) in [5.74, 6) is 2.50. The summed E-state index contributed by atoms with van der Waals surface area (Å²) in [6.45, 7) is 3.33. The lowest BCUT2D eigenvalue weighted by Gasteiger charge is -2.17. The zero-order chi connectivity index (χ0) is 14.5. The van der Waals surface area contributed by atoms with Crippen LogP contribution in [0.15, 0.2) is 36.4 Å². The Morgan fingerprint density at radius 1 is 1.24 bits per heavy atom. The van der Waals surface area contributed by atoms with Crippen molar-refractivity contribution in [1.29, 1.82) is 0 Å². The number of nitrogens with one attached hydrogen (secondary N) is 1. The second-order valence-electron chi connectivity index (χ2n) is 5.60. The van der Waals surface area contributed by atoms with E-state index in [9.17, 15) is 0 Å². The van der Waals surface area contributed by atoms with Crippen LogP contribution in [0.4, 0.5) is 0 Å². The first-order valence-corrected chi connectivity index (χ1v) is 9.80. The van der Waals surface area contributed by atoms with Crippen molar-refractivity contribution in [3.8, 4) is 0 Å². The first kappa shape index (κ1) is 15.1. The Balaban J connectivity index is 1.79. The van der Waals surface area contributed by atoms with Gasteiger partial charge in [0.1, 0.15) is 0 Å². The number of rotatable bonds is 6. The van der Waals surface area contributed by atoms with Crippen LogP contribution in [0.25, 0.3) is 0 Å². The van der Waals surface area contributed by atoms with Crippen LogP contribution in [0.3, 0.4) is 0 Å². The maximum Gasteiger partial charge on any atom is 0.0455 e. The Morgan fingerprint density at radius 2 is 2.10 bits per heavy atom. The highest BCUT2D eigenvalue weighted by atomic mass is 32.2. The Morgan fingerprint density at radius 3 is 2.86 bits per heavy atom. The SMILES string of the molecule is CCCNC(Cc1ccccc1)c1cc2c(s1)CCSC2. The zero-order valence-corrected chi connectivity index (χ0v) is 14.2. The topological polar surface area (TPSA) is 12.0 Å². The molecule has 0 radical (unpaired) electrons. The highest BCUT2D eigenvalue weighted by Gasteiger charge is 2.19. The van der Waals surface area contributed by atoms with Gasteiger partial charge < -0.3 is 5.32 Å². The number of fused-ring (bicyclic) bond motifs is 1. The van der Waals surface area contributed by atoms with E-state index >= 15 is 0 Å². The van der Waals surface area contributed by atoms with Gasteiger partial charge in [-0.2, -0.15) is 11.8 Å². The third-order valence-corrected chi connectivity index (χ3v) is 6.27. The molecule has 3 rings (SSSR count). The van der Waals surface area contributed by atoms with Gasteiger partial charge in [-0.25, -0.2) is 0 Å². The summed E-state index contributed by atoms with van der Waals surface area (Å²) < 4.78 is 0. The summed E-state index contributed by atoms with van der Waals surface area (Å²) >= 11 is 4.11. The summed E-state index contributed by atoms with van der Waals surface area (Å²) in [5.41, 5.74) is 3.01. The molecule has 3 heteroatoms. The van der Waals surface area contributed by atoms with Crippen molar-refractivity contribution in [2.75, 3.05) is 12.3 Å². The van der Waals surface area contributed by atoms with Crippen LogP contribution in [0.1, 0.15) is 40.3 Å². The molecular formula is C18H23NS2. The predicted octanol–water partition coefficient (Wildman–Crippen LogP) is 4.82. The Bertz CT molecular complexity index is 538. The minimum absolute atomic E-state index is 0.466. The van der Waals surface area contributed by atoms with Gasteiger partial charge >= 0.3 is 0 Å². The van der Waals surface area contributed by atoms with Crippen molar-refractivity contribution in [1.82, 2.24) is 5.32 Å². The van der Waals surface area contributed by atoms with Crippen molar-refractivity contribution < 1.29 is 0 Å². The van der Waals surface area contributed by atoms with Gasteiger partial charge in [0.15, 0.2) is 0 Å². The summed E-state index contributed by atoms with van der Waals surface area (Å²) in [6.07, 6.45) is 3.54. The largest absolute Gasteiger partial charge is 0.309 e. The molecular weight excluding hydrogens is 294 g/mol. The van der Waals surface area contributed by atoms with Crippen molar-refractivity contribution in [3.05, 3.63) is 57.3 Å². The maximum absolute atomic E-state index is 3.75. The molecule has 0 saturated carbocycles. The lowest BCUT2D eigenvalue weighted by molar-refractivity contribution is 0.536. The predicted molar refractivity (Wildman–Crippen MR) is 95.4 cm³/mol. The van der Waals surface area contributed by atoms with Gasteiger partial charge in [-0.15, -0.1) is 11.3 Å². The molecule has 1 aromatic carbocycles. The molecule has 1 unspecified atom stereocenters. The van der Waals surface area contributed by atoms with Crippen LogP contribution in [0, 0.1) is 0 Å². The van der Waals surface area contributed by atoms with Crippen molar-refractivity contribution in [3.63, 3.8) is 0 Å². The molecule has 1 aliphatic rings. The molecule has 1 N–H and O–H groups in total. The molecule has 1 atom stereocenters. The van der Waals surface area contributed by atoms with Crippen molar-refractivity contribution in [2.24, 2.45) is 0 Å². The van der Waals surface area contributed by atoms with Crippen LogP contribution in [-0.2, 0) is 18.6 Å². The van der Waals surface area contributed by atoms with E-state index in [4.69, 9.17) is 0 Å². The van der Waals surface area contributed by atoms with Crippen LogP contribution in [-0.4, -0.2) is 12.3 Å². The lowest BCUT2D eigenvalue weighted by Crippen LogP contribution is -2.23. The molecule has 1 aromatic heterocycles. The molecule has 0 spiro atoms. The van der Waals surface area contributed by atoms with Crippen molar-refractivity contribution in [2.45, 2.75) is 38.0 Å². The summed E-state index contributed by atoms with van der Waals surface area (Å²) in [7, 11) is 0. The Labute approximate surface area is 136 Å². The van der Waals surface area contributed by atoms with E-state index in [1.165, 1.54) is 34.8 Å². The molecule has 0 amide bonds. The smallest absolute Gasteiger partial charge is 0.0455 e. The number of thioether (sulfide) groups is 1. The zero-order valence-electron chi connectivity index (χ0n) is 12.6. The van der Waals surface area contributed by atoms with Gasteiger partial charge in [0, 0.05) is 21.5 Å². The van der Waals surface area contributed by atoms with E-state index in [0.717, 1.165) is 13.0 Å². The normalized spacial score (nSPS) is 15.7. The molecule has 0 aliphatic carbocycles. The van der Waals surface area contributed by atoms with Crippen LogP contribution in [0.5, 0.6) is 0 Å². The van der Waals surface area contributed by atoms with Crippen LogP contribution < -0.4 is 5.32 Å². The lowest BCUT2D eigenvalue weighted by atomic mass is 10.0. The van der Waals surface area contributed by atoms with Crippen LogP contribution in [0.2, 0.25) is 0 Å². The monoisotopic (exact) mass is 317 g/mol. The average molecular weight is 318 g/mol. The van der Waals surface area contributed by atoms with Gasteiger partial charge in [0.25, 0.3) is 0 Å². The number of benzene rings is 1. The molecule has 21 heavy (non-hydrogen) atoms. The minimum atomic E-state index is 0.466. The molecule has 0 fully saturated rings. The molecule has 1 nitrogen and oxygen atoms in total. The standard InChI is InChI=1S/C18H23NS2/c1-2-9-19-16(11-14-6-4-3-5-7-14)18-12-15-13-20-10-8-17(15)21-18/h3-7,12,16,19H,2,8-11,13H2,1H3. The molecule has 1 aliphatic heterocycles. The van der Waals surface area contributed by atoms with Gasteiger partial charge in [0.2, 0.25) is 0 Å². The van der Waals surface area contributed by atoms with E-state index in [0.29, 0.717) is 6.04 Å². The van der Waals surface area contributed by atoms with Gasteiger partial charge in [0.05, 0.1) is 0 Å². The van der Waals surface area contributed by atoms with Crippen molar-refractivity contribution >= 4 is 23.1 Å². The molecule has 2 aromatic rings. The third kappa shape index (κ3) is 3.91. The van der Waals surface area contributed by atoms with E-state index in [1.807, 2.05) is 11.3 Å². The van der Waals surface area contributed by atoms with E-state index in [2.05, 4.69) is 60.4 Å². The molecule has 0 bridgehead atoms. The fourth-order valence-electron chi connectivity index (χ4n) is 2.78. The fourth-order valence-corrected chi connectivity index (χ4v) is 5.24. The van der Waals surface area contributed by atoms with E-state index < -0.39 is 0 Å². The maximum atomic E-state index is 3.75. The average Bonchev–Trinajstić information content (AvgIpc) is 2.96. The number of thiophene rings is 1. The highest BCUT2D eigenvalue weighted by Crippen LogP contribution is 2.35. The number of hydrogen-bond acceptors (Lipinski definition) is 3. The Kier molecular flexibility index (Phi) is 5.39. The summed E-state index contributed by atoms with van der Waals surface area (Å²) in [5, 5.41) is 3.75. The number of hydrogen-bond donors (Lipinski definition) is 1. The first-order valence-electron chi connectivity index (χ1n) is 7.83. The summed E-state index contributed by atoms with van der Waals surface area (Å²) in [4.78, 5) is 3.15. The van der Waals surface area contributed by atoms with Gasteiger partial charge in [-0.1, -0.05) is 37.3 Å². The fraction of sp³-hybridized carbons (Fsp3) is 0.444. The third-order valence-electron chi connectivity index (χ3n) is 3.91. The second kappa shape index (κ2) is 7.48. The first-order chi connectivity index (χ1) is 10.4. The van der Waals surface area contributed by atoms with Crippen LogP contribution >= 0.6 is 23.1 Å². The van der Waals surface area contributed by atoms with E-state index in [1.54, 1.807) is 10.4 Å². The second-order valence-corrected chi connectivity index (χ2v) is 7.87. The molecule has 2 heterocycles. The quantitative estimate of drug-likeness (QED) is 0.819. The summed E-state index contributed by atoms with van der Waals surface area (Å²) in [6, 6.07) is 13.8. The highest BCUT2D eigenvalue weighted by molar-refractivity contribution is 7.98. The van der Waals surface area contributed by atoms with E-state index in [-0.39, 0.29) is 0 Å². The molecule has 0 saturated heterocycles. The molecule has 112 valence electrons. The number of aryl methyl sites for hydroxylation is 1.